The Morgan fingerprint density at radius 2 is 1.88 bits per heavy atom. The fourth-order valence-electron chi connectivity index (χ4n) is 3.13. The molecule has 24 heavy (non-hydrogen) atoms. The highest BCUT2D eigenvalue weighted by Crippen LogP contribution is 2.24. The van der Waals surface area contributed by atoms with Crippen LogP contribution >= 0.6 is 0 Å². The minimum Gasteiger partial charge on any atom is -0.497 e. The molecule has 0 atom stereocenters. The number of hydrogen-bond acceptors (Lipinski definition) is 3. The van der Waals surface area contributed by atoms with E-state index in [0.29, 0.717) is 5.56 Å². The predicted octanol–water partition coefficient (Wildman–Crippen LogP) is 3.47. The molecule has 2 aromatic carbocycles. The van der Waals surface area contributed by atoms with E-state index in [-0.39, 0.29) is 5.91 Å². The van der Waals surface area contributed by atoms with Gasteiger partial charge in [0.15, 0.2) is 0 Å². The number of benzene rings is 2. The van der Waals surface area contributed by atoms with E-state index in [2.05, 4.69) is 9.97 Å². The van der Waals surface area contributed by atoms with Crippen LogP contribution in [0.2, 0.25) is 0 Å². The van der Waals surface area contributed by atoms with Crippen molar-refractivity contribution in [1.29, 1.82) is 0 Å². The lowest BCUT2D eigenvalue weighted by atomic mass is 10.2. The van der Waals surface area contributed by atoms with Crippen molar-refractivity contribution in [2.75, 3.05) is 20.2 Å². The Kier molecular flexibility index (Phi) is 3.69. The third-order valence-corrected chi connectivity index (χ3v) is 4.49. The molecule has 0 spiro atoms. The van der Waals surface area contributed by atoms with E-state index in [1.54, 1.807) is 7.11 Å². The van der Waals surface area contributed by atoms with E-state index in [1.165, 1.54) is 0 Å². The highest BCUT2D eigenvalue weighted by atomic mass is 16.5. The van der Waals surface area contributed by atoms with Crippen molar-refractivity contribution in [2.45, 2.75) is 12.8 Å². The minimum absolute atomic E-state index is 0.106. The quantitative estimate of drug-likeness (QED) is 0.803. The zero-order chi connectivity index (χ0) is 16.5. The van der Waals surface area contributed by atoms with Gasteiger partial charge in [0.1, 0.15) is 11.6 Å². The van der Waals surface area contributed by atoms with Gasteiger partial charge in [-0.15, -0.1) is 0 Å². The van der Waals surface area contributed by atoms with Crippen molar-refractivity contribution in [3.8, 4) is 17.1 Å². The maximum absolute atomic E-state index is 12.5. The molecule has 2 heterocycles. The van der Waals surface area contributed by atoms with Gasteiger partial charge >= 0.3 is 0 Å². The lowest BCUT2D eigenvalue weighted by Gasteiger charge is -2.14. The van der Waals surface area contributed by atoms with E-state index in [0.717, 1.165) is 54.1 Å². The molecule has 5 heteroatoms. The number of hydrogen-bond donors (Lipinski definition) is 1. The number of carbonyl (C=O) groups is 1. The number of nitrogens with zero attached hydrogens (tertiary/aromatic N) is 2. The number of rotatable bonds is 3. The highest BCUT2D eigenvalue weighted by Gasteiger charge is 2.20. The highest BCUT2D eigenvalue weighted by molar-refractivity contribution is 5.97. The Labute approximate surface area is 140 Å². The van der Waals surface area contributed by atoms with Crippen LogP contribution < -0.4 is 4.74 Å². The van der Waals surface area contributed by atoms with Crippen LogP contribution in [0.15, 0.2) is 42.5 Å². The van der Waals surface area contributed by atoms with E-state index in [1.807, 2.05) is 47.4 Å². The van der Waals surface area contributed by atoms with Gasteiger partial charge in [0.05, 0.1) is 18.1 Å². The van der Waals surface area contributed by atoms with Crippen molar-refractivity contribution in [1.82, 2.24) is 14.9 Å². The van der Waals surface area contributed by atoms with Gasteiger partial charge in [0.25, 0.3) is 5.91 Å². The molecule has 0 bridgehead atoms. The molecule has 1 aromatic heterocycles. The van der Waals surface area contributed by atoms with E-state index in [9.17, 15) is 4.79 Å². The minimum atomic E-state index is 0.106. The second-order valence-corrected chi connectivity index (χ2v) is 6.05. The lowest BCUT2D eigenvalue weighted by molar-refractivity contribution is 0.0793. The first kappa shape index (κ1) is 14.8. The van der Waals surface area contributed by atoms with Crippen LogP contribution in [-0.4, -0.2) is 41.0 Å². The SMILES string of the molecule is COc1ccc(-c2nc3ccc(C(=O)N4CCCC4)cc3[nH]2)cc1. The van der Waals surface area contributed by atoms with E-state index < -0.39 is 0 Å². The molecular formula is C19H19N3O2. The summed E-state index contributed by atoms with van der Waals surface area (Å²) in [6.45, 7) is 1.72. The summed E-state index contributed by atoms with van der Waals surface area (Å²) >= 11 is 0. The summed E-state index contributed by atoms with van der Waals surface area (Å²) in [5, 5.41) is 0. The predicted molar refractivity (Wildman–Crippen MR) is 93.2 cm³/mol. The van der Waals surface area contributed by atoms with Gasteiger partial charge in [-0.25, -0.2) is 4.98 Å². The number of nitrogens with one attached hydrogen (secondary N) is 1. The largest absolute Gasteiger partial charge is 0.497 e. The Bertz CT molecular complexity index is 877. The third kappa shape index (κ3) is 2.62. The average Bonchev–Trinajstić information content (AvgIpc) is 3.30. The van der Waals surface area contributed by atoms with Crippen LogP contribution in [0.4, 0.5) is 0 Å². The second kappa shape index (κ2) is 6.00. The van der Waals surface area contributed by atoms with Crippen LogP contribution in [0.1, 0.15) is 23.2 Å². The molecule has 122 valence electrons. The first-order valence-electron chi connectivity index (χ1n) is 8.18. The Morgan fingerprint density at radius 3 is 2.58 bits per heavy atom. The van der Waals surface area contributed by atoms with Gasteiger partial charge in [0, 0.05) is 24.2 Å². The molecule has 1 N–H and O–H groups in total. The van der Waals surface area contributed by atoms with Gasteiger partial charge in [-0.05, 0) is 55.3 Å². The zero-order valence-corrected chi connectivity index (χ0v) is 13.6. The van der Waals surface area contributed by atoms with E-state index >= 15 is 0 Å². The Hall–Kier alpha value is -2.82. The number of imidazole rings is 1. The molecule has 0 radical (unpaired) electrons. The third-order valence-electron chi connectivity index (χ3n) is 4.49. The number of carbonyl (C=O) groups excluding carboxylic acids is 1. The summed E-state index contributed by atoms with van der Waals surface area (Å²) in [4.78, 5) is 22.4. The number of methoxy groups -OCH3 is 1. The van der Waals surface area contributed by atoms with Crippen LogP contribution in [0.25, 0.3) is 22.4 Å². The molecule has 1 amide bonds. The van der Waals surface area contributed by atoms with Crippen LogP contribution in [-0.2, 0) is 0 Å². The van der Waals surface area contributed by atoms with Gasteiger partial charge in [-0.2, -0.15) is 0 Å². The zero-order valence-electron chi connectivity index (χ0n) is 13.6. The normalized spacial score (nSPS) is 14.3. The van der Waals surface area contributed by atoms with Gasteiger partial charge in [-0.1, -0.05) is 0 Å². The molecule has 0 aliphatic carbocycles. The summed E-state index contributed by atoms with van der Waals surface area (Å²) in [6, 6.07) is 13.4. The van der Waals surface area contributed by atoms with Crippen molar-refractivity contribution >= 4 is 16.9 Å². The standard InChI is InChI=1S/C19H19N3O2/c1-24-15-7-4-13(5-8-15)18-20-16-9-6-14(12-17(16)21-18)19(23)22-10-2-3-11-22/h4-9,12H,2-3,10-11H2,1H3,(H,20,21). The monoisotopic (exact) mass is 321 g/mol. The fraction of sp³-hybridized carbons (Fsp3) is 0.263. The summed E-state index contributed by atoms with van der Waals surface area (Å²) in [6.07, 6.45) is 2.19. The summed E-state index contributed by atoms with van der Waals surface area (Å²) < 4.78 is 5.18. The molecule has 1 aliphatic rings. The molecule has 3 aromatic rings. The lowest BCUT2D eigenvalue weighted by Crippen LogP contribution is -2.27. The topological polar surface area (TPSA) is 58.2 Å². The van der Waals surface area contributed by atoms with Crippen molar-refractivity contribution in [3.63, 3.8) is 0 Å². The molecule has 1 aliphatic heterocycles. The van der Waals surface area contributed by atoms with Crippen molar-refractivity contribution < 1.29 is 9.53 Å². The van der Waals surface area contributed by atoms with Gasteiger partial charge < -0.3 is 14.6 Å². The summed E-state index contributed by atoms with van der Waals surface area (Å²) in [7, 11) is 1.65. The van der Waals surface area contributed by atoms with Crippen molar-refractivity contribution in [2.24, 2.45) is 0 Å². The molecule has 5 nitrogen and oxygen atoms in total. The molecule has 1 saturated heterocycles. The molecule has 4 rings (SSSR count). The number of H-pyrrole nitrogens is 1. The van der Waals surface area contributed by atoms with Crippen LogP contribution in [0.5, 0.6) is 5.75 Å². The fourth-order valence-corrected chi connectivity index (χ4v) is 3.13. The number of aromatic nitrogens is 2. The number of aromatic amines is 1. The number of amides is 1. The van der Waals surface area contributed by atoms with Crippen LogP contribution in [0, 0.1) is 0 Å². The maximum atomic E-state index is 12.5. The molecule has 0 unspecified atom stereocenters. The second-order valence-electron chi connectivity index (χ2n) is 6.05. The molecule has 0 saturated carbocycles. The molecular weight excluding hydrogens is 302 g/mol. The number of likely N-dealkylation sites (tertiary alicyclic amines) is 1. The van der Waals surface area contributed by atoms with Crippen LogP contribution in [0.3, 0.4) is 0 Å². The smallest absolute Gasteiger partial charge is 0.253 e. The Balaban J connectivity index is 1.66. The van der Waals surface area contributed by atoms with Gasteiger partial charge in [0.2, 0.25) is 0 Å². The summed E-state index contributed by atoms with van der Waals surface area (Å²) in [5.41, 5.74) is 3.44. The van der Waals surface area contributed by atoms with Crippen molar-refractivity contribution in [3.05, 3.63) is 48.0 Å². The average molecular weight is 321 g/mol. The maximum Gasteiger partial charge on any atom is 0.253 e. The van der Waals surface area contributed by atoms with E-state index in [4.69, 9.17) is 4.74 Å². The number of ether oxygens (including phenoxy) is 1. The Morgan fingerprint density at radius 1 is 1.12 bits per heavy atom. The first-order chi connectivity index (χ1) is 11.7. The van der Waals surface area contributed by atoms with Gasteiger partial charge in [-0.3, -0.25) is 4.79 Å². The first-order valence-corrected chi connectivity index (χ1v) is 8.18. The summed E-state index contributed by atoms with van der Waals surface area (Å²) in [5.74, 6) is 1.71. The number of fused-ring (bicyclic) bond motifs is 1. The molecule has 1 fully saturated rings.